The molecule has 3 heterocycles. The lowest BCUT2D eigenvalue weighted by molar-refractivity contribution is -0.274. The number of amides is 2. The van der Waals surface area contributed by atoms with Gasteiger partial charge in [-0.25, -0.2) is 9.97 Å². The number of pyridine rings is 1. The fourth-order valence-electron chi connectivity index (χ4n) is 3.16. The Morgan fingerprint density at radius 1 is 1.17 bits per heavy atom. The number of halogens is 3. The van der Waals surface area contributed by atoms with E-state index in [1.54, 1.807) is 6.07 Å². The van der Waals surface area contributed by atoms with Crippen LogP contribution in [0.15, 0.2) is 42.7 Å². The van der Waals surface area contributed by atoms with E-state index in [1.807, 2.05) is 0 Å². The van der Waals surface area contributed by atoms with Crippen LogP contribution >= 0.6 is 0 Å². The molecular weight excluding hydrogens is 391 g/mol. The van der Waals surface area contributed by atoms with E-state index in [-0.39, 0.29) is 18.8 Å². The molecule has 2 N–H and O–H groups in total. The van der Waals surface area contributed by atoms with Crippen LogP contribution in [0.1, 0.15) is 22.1 Å². The summed E-state index contributed by atoms with van der Waals surface area (Å²) in [5, 5.41) is 2.66. The minimum Gasteiger partial charge on any atom is -0.406 e. The number of aromatic nitrogens is 3. The van der Waals surface area contributed by atoms with Crippen LogP contribution in [0.2, 0.25) is 0 Å². The molecule has 1 aliphatic heterocycles. The summed E-state index contributed by atoms with van der Waals surface area (Å²) in [4.78, 5) is 37.9. The van der Waals surface area contributed by atoms with Gasteiger partial charge in [0, 0.05) is 13.1 Å². The largest absolute Gasteiger partial charge is 0.573 e. The van der Waals surface area contributed by atoms with Gasteiger partial charge in [0.25, 0.3) is 5.91 Å². The Kier molecular flexibility index (Phi) is 4.57. The maximum Gasteiger partial charge on any atom is 0.573 e. The van der Waals surface area contributed by atoms with Crippen LogP contribution in [0, 0.1) is 0 Å². The van der Waals surface area contributed by atoms with Crippen molar-refractivity contribution in [3.63, 3.8) is 0 Å². The second kappa shape index (κ2) is 7.08. The van der Waals surface area contributed by atoms with Gasteiger partial charge in [-0.05, 0) is 29.8 Å². The average Bonchev–Trinajstić information content (AvgIpc) is 3.14. The molecular formula is C18H14F3N5O3. The van der Waals surface area contributed by atoms with Crippen molar-refractivity contribution in [1.82, 2.24) is 25.2 Å². The molecule has 11 heteroatoms. The molecule has 4 rings (SSSR count). The van der Waals surface area contributed by atoms with Crippen LogP contribution in [0.4, 0.5) is 13.2 Å². The van der Waals surface area contributed by atoms with Crippen LogP contribution in [-0.4, -0.2) is 51.1 Å². The van der Waals surface area contributed by atoms with Crippen molar-refractivity contribution in [2.45, 2.75) is 12.4 Å². The van der Waals surface area contributed by atoms with Gasteiger partial charge in [0.2, 0.25) is 5.91 Å². The number of nitrogens with zero attached hydrogens (tertiary/aromatic N) is 3. The SMILES string of the molecule is O=C1NCCN(C(=O)c2ccc3[nH]cnc3n2)C1c1ccc(OC(F)(F)F)cc1. The van der Waals surface area contributed by atoms with Crippen LogP contribution in [0.3, 0.4) is 0 Å². The molecule has 2 amide bonds. The number of rotatable bonds is 3. The molecule has 3 aromatic rings. The number of alkyl halides is 3. The highest BCUT2D eigenvalue weighted by Crippen LogP contribution is 2.29. The third kappa shape index (κ3) is 3.84. The van der Waals surface area contributed by atoms with Gasteiger partial charge in [-0.1, -0.05) is 12.1 Å². The number of hydrogen-bond acceptors (Lipinski definition) is 5. The number of piperazine rings is 1. The molecule has 1 aliphatic rings. The van der Waals surface area contributed by atoms with Gasteiger partial charge in [-0.15, -0.1) is 13.2 Å². The summed E-state index contributed by atoms with van der Waals surface area (Å²) >= 11 is 0. The van der Waals surface area contributed by atoms with E-state index in [9.17, 15) is 22.8 Å². The van der Waals surface area contributed by atoms with Crippen LogP contribution < -0.4 is 10.1 Å². The number of nitrogens with one attached hydrogen (secondary N) is 2. The predicted molar refractivity (Wildman–Crippen MR) is 93.8 cm³/mol. The lowest BCUT2D eigenvalue weighted by atomic mass is 10.0. The number of imidazole rings is 1. The van der Waals surface area contributed by atoms with Gasteiger partial charge in [0.15, 0.2) is 5.65 Å². The Hall–Kier alpha value is -3.63. The van der Waals surface area contributed by atoms with Crippen molar-refractivity contribution in [3.8, 4) is 5.75 Å². The zero-order valence-electron chi connectivity index (χ0n) is 14.7. The van der Waals surface area contributed by atoms with Gasteiger partial charge in [0.1, 0.15) is 17.5 Å². The first-order chi connectivity index (χ1) is 13.8. The number of benzene rings is 1. The van der Waals surface area contributed by atoms with Crippen LogP contribution in [0.5, 0.6) is 5.75 Å². The van der Waals surface area contributed by atoms with E-state index in [2.05, 4.69) is 25.0 Å². The second-order valence-electron chi connectivity index (χ2n) is 6.28. The Bertz CT molecular complexity index is 1060. The van der Waals surface area contributed by atoms with Crippen molar-refractivity contribution in [2.24, 2.45) is 0 Å². The highest BCUT2D eigenvalue weighted by Gasteiger charge is 2.36. The van der Waals surface area contributed by atoms with Gasteiger partial charge in [-0.2, -0.15) is 0 Å². The number of hydrogen-bond donors (Lipinski definition) is 2. The van der Waals surface area contributed by atoms with Crippen molar-refractivity contribution in [1.29, 1.82) is 0 Å². The summed E-state index contributed by atoms with van der Waals surface area (Å²) in [6.45, 7) is 0.470. The Morgan fingerprint density at radius 3 is 2.66 bits per heavy atom. The lowest BCUT2D eigenvalue weighted by Crippen LogP contribution is -2.52. The van der Waals surface area contributed by atoms with E-state index in [4.69, 9.17) is 0 Å². The molecule has 0 aliphatic carbocycles. The van der Waals surface area contributed by atoms with Crippen molar-refractivity contribution >= 4 is 23.0 Å². The standard InChI is InChI=1S/C18H14F3N5O3/c19-18(20,21)29-11-3-1-10(2-4-11)14-16(27)22-7-8-26(14)17(28)13-6-5-12-15(25-13)24-9-23-12/h1-6,9,14H,7-8H2,(H,22,27)(H,23,24,25). The highest BCUT2D eigenvalue weighted by atomic mass is 19.4. The number of fused-ring (bicyclic) bond motifs is 1. The maximum absolute atomic E-state index is 13.0. The predicted octanol–water partition coefficient (Wildman–Crippen LogP) is 2.17. The van der Waals surface area contributed by atoms with Crippen molar-refractivity contribution in [2.75, 3.05) is 13.1 Å². The average molecular weight is 405 g/mol. The summed E-state index contributed by atoms with van der Waals surface area (Å²) in [6.07, 6.45) is -3.37. The summed E-state index contributed by atoms with van der Waals surface area (Å²) in [6, 6.07) is 7.01. The number of H-pyrrole nitrogens is 1. The monoisotopic (exact) mass is 405 g/mol. The van der Waals surface area contributed by atoms with Gasteiger partial charge < -0.3 is 19.9 Å². The minimum atomic E-state index is -4.82. The van der Waals surface area contributed by atoms with E-state index < -0.39 is 30.0 Å². The third-order valence-electron chi connectivity index (χ3n) is 4.40. The fourth-order valence-corrected chi connectivity index (χ4v) is 3.16. The molecule has 0 bridgehead atoms. The zero-order valence-corrected chi connectivity index (χ0v) is 14.7. The quantitative estimate of drug-likeness (QED) is 0.696. The summed E-state index contributed by atoms with van der Waals surface area (Å²) in [7, 11) is 0. The Morgan fingerprint density at radius 2 is 1.93 bits per heavy atom. The van der Waals surface area contributed by atoms with Crippen molar-refractivity contribution in [3.05, 3.63) is 54.0 Å². The fraction of sp³-hybridized carbons (Fsp3) is 0.222. The molecule has 1 saturated heterocycles. The Labute approximate surface area is 161 Å². The van der Waals surface area contributed by atoms with E-state index in [1.165, 1.54) is 29.4 Å². The maximum atomic E-state index is 13.0. The van der Waals surface area contributed by atoms with Crippen molar-refractivity contribution < 1.29 is 27.5 Å². The summed E-state index contributed by atoms with van der Waals surface area (Å²) < 4.78 is 40.9. The van der Waals surface area contributed by atoms with Crippen LogP contribution in [0.25, 0.3) is 11.2 Å². The molecule has 150 valence electrons. The highest BCUT2D eigenvalue weighted by molar-refractivity contribution is 5.98. The molecule has 29 heavy (non-hydrogen) atoms. The number of ether oxygens (including phenoxy) is 1. The number of carbonyl (C=O) groups excluding carboxylic acids is 2. The molecule has 1 atom stereocenters. The molecule has 0 spiro atoms. The van der Waals surface area contributed by atoms with Gasteiger partial charge >= 0.3 is 6.36 Å². The zero-order chi connectivity index (χ0) is 20.6. The van der Waals surface area contributed by atoms with Gasteiger partial charge in [-0.3, -0.25) is 9.59 Å². The van der Waals surface area contributed by atoms with E-state index in [0.29, 0.717) is 16.7 Å². The lowest BCUT2D eigenvalue weighted by Gasteiger charge is -2.35. The second-order valence-corrected chi connectivity index (χ2v) is 6.28. The topological polar surface area (TPSA) is 100 Å². The molecule has 8 nitrogen and oxygen atoms in total. The number of carbonyl (C=O) groups is 2. The third-order valence-corrected chi connectivity index (χ3v) is 4.40. The molecule has 0 saturated carbocycles. The van der Waals surface area contributed by atoms with E-state index >= 15 is 0 Å². The first kappa shape index (κ1) is 18.7. The smallest absolute Gasteiger partial charge is 0.406 e. The molecule has 2 aromatic heterocycles. The molecule has 1 aromatic carbocycles. The summed E-state index contributed by atoms with van der Waals surface area (Å²) in [5.74, 6) is -1.33. The van der Waals surface area contributed by atoms with Crippen LogP contribution in [-0.2, 0) is 4.79 Å². The van der Waals surface area contributed by atoms with Gasteiger partial charge in [0.05, 0.1) is 11.8 Å². The minimum absolute atomic E-state index is 0.112. The molecule has 1 unspecified atom stereocenters. The normalized spacial score (nSPS) is 17.3. The van der Waals surface area contributed by atoms with E-state index in [0.717, 1.165) is 12.1 Å². The molecule has 0 radical (unpaired) electrons. The Balaban J connectivity index is 1.63. The first-order valence-corrected chi connectivity index (χ1v) is 8.56. The molecule has 1 fully saturated rings. The number of aromatic amines is 1. The summed E-state index contributed by atoms with van der Waals surface area (Å²) in [5.41, 5.74) is 1.49. The first-order valence-electron chi connectivity index (χ1n) is 8.56.